The lowest BCUT2D eigenvalue weighted by molar-refractivity contribution is -0.143. The number of carboxylic acid groups (broad SMARTS) is 1. The summed E-state index contributed by atoms with van der Waals surface area (Å²) in [5, 5.41) is 19.0. The van der Waals surface area contributed by atoms with Crippen molar-refractivity contribution in [1.29, 1.82) is 0 Å². The van der Waals surface area contributed by atoms with Crippen molar-refractivity contribution in [2.45, 2.75) is 32.7 Å². The van der Waals surface area contributed by atoms with E-state index in [1.165, 1.54) is 0 Å². The molecule has 1 fully saturated rings. The molecule has 19 heavy (non-hydrogen) atoms. The van der Waals surface area contributed by atoms with Crippen molar-refractivity contribution in [3.8, 4) is 5.75 Å². The third kappa shape index (κ3) is 3.07. The number of aliphatic carboxylic acids is 1. The Kier molecular flexibility index (Phi) is 4.10. The van der Waals surface area contributed by atoms with Crippen molar-refractivity contribution >= 4 is 5.97 Å². The fourth-order valence-corrected chi connectivity index (χ4v) is 2.74. The van der Waals surface area contributed by atoms with Crippen molar-refractivity contribution in [3.63, 3.8) is 0 Å². The number of likely N-dealkylation sites (tertiary alicyclic amines) is 1. The van der Waals surface area contributed by atoms with Crippen LogP contribution in [0.5, 0.6) is 5.75 Å². The van der Waals surface area contributed by atoms with Crippen molar-refractivity contribution in [3.05, 3.63) is 29.3 Å². The van der Waals surface area contributed by atoms with E-state index in [0.29, 0.717) is 18.6 Å². The molecule has 104 valence electrons. The van der Waals surface area contributed by atoms with Crippen LogP contribution < -0.4 is 0 Å². The van der Waals surface area contributed by atoms with Crippen LogP contribution >= 0.6 is 0 Å². The Morgan fingerprint density at radius 3 is 2.58 bits per heavy atom. The van der Waals surface area contributed by atoms with Crippen LogP contribution in [-0.2, 0) is 4.79 Å². The van der Waals surface area contributed by atoms with Crippen molar-refractivity contribution < 1.29 is 15.0 Å². The average Bonchev–Trinajstić information content (AvgIpc) is 2.41. The molecule has 1 aliphatic rings. The lowest BCUT2D eigenvalue weighted by Crippen LogP contribution is -2.37. The number of piperidine rings is 1. The quantitative estimate of drug-likeness (QED) is 0.880. The zero-order chi connectivity index (χ0) is 14.0. The van der Waals surface area contributed by atoms with Crippen LogP contribution in [0.1, 0.15) is 36.9 Å². The van der Waals surface area contributed by atoms with Crippen LogP contribution in [-0.4, -0.2) is 34.2 Å². The molecule has 1 saturated heterocycles. The normalized spacial score (nSPS) is 19.3. The second-order valence-corrected chi connectivity index (χ2v) is 5.39. The molecule has 1 aromatic rings. The highest BCUT2D eigenvalue weighted by Gasteiger charge is 2.28. The van der Waals surface area contributed by atoms with Crippen LogP contribution in [0, 0.1) is 12.8 Å². The maximum Gasteiger partial charge on any atom is 0.306 e. The Bertz CT molecular complexity index is 464. The Hall–Kier alpha value is -1.55. The SMILES string of the molecule is Cc1ccc(O)c(C(C)N2CCC(C(=O)O)CC2)c1. The molecular formula is C15H21NO3. The van der Waals surface area contributed by atoms with Gasteiger partial charge in [0.2, 0.25) is 0 Å². The highest BCUT2D eigenvalue weighted by molar-refractivity contribution is 5.70. The van der Waals surface area contributed by atoms with Gasteiger partial charge < -0.3 is 10.2 Å². The summed E-state index contributed by atoms with van der Waals surface area (Å²) >= 11 is 0. The predicted octanol–water partition coefficient (Wildman–Crippen LogP) is 2.56. The van der Waals surface area contributed by atoms with Gasteiger partial charge in [0.05, 0.1) is 5.92 Å². The van der Waals surface area contributed by atoms with Crippen LogP contribution in [0.2, 0.25) is 0 Å². The molecule has 0 radical (unpaired) electrons. The Labute approximate surface area is 113 Å². The van der Waals surface area contributed by atoms with Gasteiger partial charge in [-0.2, -0.15) is 0 Å². The summed E-state index contributed by atoms with van der Waals surface area (Å²) in [7, 11) is 0. The number of rotatable bonds is 3. The molecule has 1 aromatic carbocycles. The molecule has 1 heterocycles. The lowest BCUT2D eigenvalue weighted by atomic mass is 9.94. The second kappa shape index (κ2) is 5.61. The first-order chi connectivity index (χ1) is 8.99. The topological polar surface area (TPSA) is 60.8 Å². The minimum atomic E-state index is -0.689. The van der Waals surface area contributed by atoms with Gasteiger partial charge in [-0.3, -0.25) is 9.69 Å². The van der Waals surface area contributed by atoms with Gasteiger partial charge in [0.25, 0.3) is 0 Å². The molecule has 1 unspecified atom stereocenters. The minimum Gasteiger partial charge on any atom is -0.508 e. The number of aromatic hydroxyl groups is 1. The van der Waals surface area contributed by atoms with Gasteiger partial charge in [-0.1, -0.05) is 17.7 Å². The van der Waals surface area contributed by atoms with E-state index >= 15 is 0 Å². The molecule has 0 saturated carbocycles. The second-order valence-electron chi connectivity index (χ2n) is 5.39. The van der Waals surface area contributed by atoms with Crippen LogP contribution in [0.25, 0.3) is 0 Å². The molecule has 0 spiro atoms. The first-order valence-corrected chi connectivity index (χ1v) is 6.75. The van der Waals surface area contributed by atoms with Crippen molar-refractivity contribution in [2.24, 2.45) is 5.92 Å². The van der Waals surface area contributed by atoms with Gasteiger partial charge in [0.15, 0.2) is 0 Å². The van der Waals surface area contributed by atoms with Crippen molar-refractivity contribution in [2.75, 3.05) is 13.1 Å². The number of benzene rings is 1. The molecule has 4 nitrogen and oxygen atoms in total. The van der Waals surface area contributed by atoms with E-state index in [2.05, 4.69) is 11.8 Å². The summed E-state index contributed by atoms with van der Waals surface area (Å²) in [5.74, 6) is -0.585. The Morgan fingerprint density at radius 1 is 1.37 bits per heavy atom. The third-order valence-corrected chi connectivity index (χ3v) is 4.06. The zero-order valence-electron chi connectivity index (χ0n) is 11.5. The number of hydrogen-bond acceptors (Lipinski definition) is 3. The standard InChI is InChI=1S/C15H21NO3/c1-10-3-4-14(17)13(9-10)11(2)16-7-5-12(6-8-16)15(18)19/h3-4,9,11-12,17H,5-8H2,1-2H3,(H,18,19). The molecule has 4 heteroatoms. The number of nitrogens with zero attached hydrogens (tertiary/aromatic N) is 1. The van der Waals surface area contributed by atoms with E-state index in [0.717, 1.165) is 24.2 Å². The van der Waals surface area contributed by atoms with E-state index in [-0.39, 0.29) is 12.0 Å². The molecule has 0 bridgehead atoms. The number of aryl methyl sites for hydroxylation is 1. The van der Waals surface area contributed by atoms with Crippen molar-refractivity contribution in [1.82, 2.24) is 4.90 Å². The number of carboxylic acids is 1. The van der Waals surface area contributed by atoms with Crippen LogP contribution in [0.3, 0.4) is 0 Å². The molecule has 1 aliphatic heterocycles. The summed E-state index contributed by atoms with van der Waals surface area (Å²) in [4.78, 5) is 13.2. The van der Waals surface area contributed by atoms with Gasteiger partial charge in [0.1, 0.15) is 5.75 Å². The van der Waals surface area contributed by atoms with E-state index < -0.39 is 5.97 Å². The summed E-state index contributed by atoms with van der Waals surface area (Å²) in [6, 6.07) is 5.74. The van der Waals surface area contributed by atoms with Crippen LogP contribution in [0.15, 0.2) is 18.2 Å². The van der Waals surface area contributed by atoms with Gasteiger partial charge in [-0.05, 0) is 45.8 Å². The number of phenolic OH excluding ortho intramolecular Hbond substituents is 1. The first-order valence-electron chi connectivity index (χ1n) is 6.75. The fourth-order valence-electron chi connectivity index (χ4n) is 2.74. The van der Waals surface area contributed by atoms with E-state index in [9.17, 15) is 9.90 Å². The van der Waals surface area contributed by atoms with E-state index in [1.807, 2.05) is 19.1 Å². The van der Waals surface area contributed by atoms with E-state index in [4.69, 9.17) is 5.11 Å². The van der Waals surface area contributed by atoms with E-state index in [1.54, 1.807) is 6.07 Å². The molecule has 0 aromatic heterocycles. The predicted molar refractivity (Wildman–Crippen MR) is 73.2 cm³/mol. The fraction of sp³-hybridized carbons (Fsp3) is 0.533. The minimum absolute atomic E-state index is 0.120. The highest BCUT2D eigenvalue weighted by atomic mass is 16.4. The third-order valence-electron chi connectivity index (χ3n) is 4.06. The maximum atomic E-state index is 10.9. The van der Waals surface area contributed by atoms with Crippen LogP contribution in [0.4, 0.5) is 0 Å². The first kappa shape index (κ1) is 13.9. The Balaban J connectivity index is 2.07. The molecule has 2 N–H and O–H groups in total. The van der Waals surface area contributed by atoms with Gasteiger partial charge in [-0.25, -0.2) is 0 Å². The largest absolute Gasteiger partial charge is 0.508 e. The van der Waals surface area contributed by atoms with Gasteiger partial charge in [0, 0.05) is 11.6 Å². The summed E-state index contributed by atoms with van der Waals surface area (Å²) in [5.41, 5.74) is 2.05. The molecular weight excluding hydrogens is 242 g/mol. The molecule has 1 atom stereocenters. The smallest absolute Gasteiger partial charge is 0.306 e. The van der Waals surface area contributed by atoms with Gasteiger partial charge >= 0.3 is 5.97 Å². The number of carbonyl (C=O) groups is 1. The molecule has 0 aliphatic carbocycles. The average molecular weight is 263 g/mol. The summed E-state index contributed by atoms with van der Waals surface area (Å²) < 4.78 is 0. The Morgan fingerprint density at radius 2 is 2.00 bits per heavy atom. The van der Waals surface area contributed by atoms with Gasteiger partial charge in [-0.15, -0.1) is 0 Å². The highest BCUT2D eigenvalue weighted by Crippen LogP contribution is 2.32. The number of hydrogen-bond donors (Lipinski definition) is 2. The molecule has 2 rings (SSSR count). The lowest BCUT2D eigenvalue weighted by Gasteiger charge is -2.35. The summed E-state index contributed by atoms with van der Waals surface area (Å²) in [6.07, 6.45) is 1.37. The monoisotopic (exact) mass is 263 g/mol. The summed E-state index contributed by atoms with van der Waals surface area (Å²) in [6.45, 7) is 5.61. The molecule has 0 amide bonds. The maximum absolute atomic E-state index is 10.9. The number of phenols is 1. The zero-order valence-corrected chi connectivity index (χ0v) is 11.5.